The number of nitrogens with one attached hydrogen (secondary N) is 2. The maximum absolute atomic E-state index is 12.0. The van der Waals surface area contributed by atoms with Crippen molar-refractivity contribution in [2.24, 2.45) is 0 Å². The Balaban J connectivity index is 1.99. The van der Waals surface area contributed by atoms with E-state index < -0.39 is 31.1 Å². The molecule has 0 aliphatic heterocycles. The van der Waals surface area contributed by atoms with Gasteiger partial charge in [0.15, 0.2) is 0 Å². The molecule has 0 fully saturated rings. The molecule has 1 aromatic heterocycles. The first-order valence-electron chi connectivity index (χ1n) is 6.32. The average Bonchev–Trinajstić information content (AvgIpc) is 2.49. The van der Waals surface area contributed by atoms with Crippen LogP contribution in [0.5, 0.6) is 0 Å². The van der Waals surface area contributed by atoms with Crippen LogP contribution in [0.2, 0.25) is 0 Å². The van der Waals surface area contributed by atoms with Crippen LogP contribution in [-0.4, -0.2) is 36.1 Å². The van der Waals surface area contributed by atoms with Gasteiger partial charge in [0.1, 0.15) is 6.54 Å². The Morgan fingerprint density at radius 2 is 1.82 bits per heavy atom. The van der Waals surface area contributed by atoms with Gasteiger partial charge in [0.05, 0.1) is 17.6 Å². The highest BCUT2D eigenvalue weighted by atomic mass is 19.4. The highest BCUT2D eigenvalue weighted by Gasteiger charge is 2.27. The molecule has 2 N–H and O–H groups in total. The van der Waals surface area contributed by atoms with Gasteiger partial charge in [-0.05, 0) is 12.1 Å². The van der Waals surface area contributed by atoms with Gasteiger partial charge < -0.3 is 10.6 Å². The summed E-state index contributed by atoms with van der Waals surface area (Å²) >= 11 is 0. The molecule has 22 heavy (non-hydrogen) atoms. The van der Waals surface area contributed by atoms with Crippen LogP contribution in [0.1, 0.15) is 10.4 Å². The number of alkyl halides is 3. The van der Waals surface area contributed by atoms with E-state index in [9.17, 15) is 22.8 Å². The van der Waals surface area contributed by atoms with E-state index in [0.29, 0.717) is 16.5 Å². The average molecular weight is 311 g/mol. The summed E-state index contributed by atoms with van der Waals surface area (Å²) in [6.07, 6.45) is -3.04. The van der Waals surface area contributed by atoms with Gasteiger partial charge in [0.2, 0.25) is 5.91 Å². The maximum Gasteiger partial charge on any atom is 0.405 e. The molecule has 0 atom stereocenters. The van der Waals surface area contributed by atoms with E-state index in [1.165, 1.54) is 12.3 Å². The van der Waals surface area contributed by atoms with Crippen molar-refractivity contribution in [3.8, 4) is 0 Å². The van der Waals surface area contributed by atoms with Crippen molar-refractivity contribution in [2.75, 3.05) is 13.1 Å². The fourth-order valence-corrected chi connectivity index (χ4v) is 1.81. The predicted molar refractivity (Wildman–Crippen MR) is 73.1 cm³/mol. The summed E-state index contributed by atoms with van der Waals surface area (Å²) in [5.74, 6) is -1.47. The van der Waals surface area contributed by atoms with E-state index in [0.717, 1.165) is 0 Å². The number of hydrogen-bond acceptors (Lipinski definition) is 3. The first-order chi connectivity index (χ1) is 10.4. The van der Waals surface area contributed by atoms with E-state index in [1.54, 1.807) is 29.6 Å². The van der Waals surface area contributed by atoms with Crippen molar-refractivity contribution in [2.45, 2.75) is 6.18 Å². The molecule has 2 amide bonds. The zero-order valence-electron chi connectivity index (χ0n) is 11.3. The Morgan fingerprint density at radius 1 is 1.09 bits per heavy atom. The van der Waals surface area contributed by atoms with Crippen LogP contribution >= 0.6 is 0 Å². The Bertz CT molecular complexity index is 696. The van der Waals surface area contributed by atoms with Gasteiger partial charge in [0, 0.05) is 11.6 Å². The highest BCUT2D eigenvalue weighted by Crippen LogP contribution is 2.15. The summed E-state index contributed by atoms with van der Waals surface area (Å²) in [5, 5.41) is 4.55. The summed E-state index contributed by atoms with van der Waals surface area (Å²) in [6.45, 7) is -1.97. The predicted octanol–water partition coefficient (Wildman–Crippen LogP) is 1.64. The lowest BCUT2D eigenvalue weighted by molar-refractivity contribution is -0.137. The monoisotopic (exact) mass is 311 g/mol. The number of aromatic nitrogens is 1. The second kappa shape index (κ2) is 6.42. The molecule has 0 aliphatic rings. The summed E-state index contributed by atoms with van der Waals surface area (Å²) in [5.41, 5.74) is 0.908. The van der Waals surface area contributed by atoms with Crippen LogP contribution in [-0.2, 0) is 4.79 Å². The Labute approximate surface area is 123 Å². The number of carbonyl (C=O) groups excluding carboxylic acids is 2. The molecule has 0 aliphatic carbocycles. The summed E-state index contributed by atoms with van der Waals surface area (Å²) in [6, 6.07) is 8.40. The molecule has 0 saturated heterocycles. The van der Waals surface area contributed by atoms with Crippen LogP contribution < -0.4 is 10.6 Å². The van der Waals surface area contributed by atoms with E-state index in [2.05, 4.69) is 10.3 Å². The minimum atomic E-state index is -4.49. The molecule has 1 heterocycles. The quantitative estimate of drug-likeness (QED) is 0.902. The number of rotatable bonds is 4. The van der Waals surface area contributed by atoms with E-state index in [1.807, 2.05) is 0 Å². The lowest BCUT2D eigenvalue weighted by Gasteiger charge is -2.10. The number of halogens is 3. The number of hydrogen-bond donors (Lipinski definition) is 2. The SMILES string of the molecule is O=C(CNC(=O)c1ccnc2ccccc12)NCC(F)(F)F. The Hall–Kier alpha value is -2.64. The molecular formula is C14H12F3N3O2. The fraction of sp³-hybridized carbons (Fsp3) is 0.214. The number of fused-ring (bicyclic) bond motifs is 1. The molecule has 8 heteroatoms. The highest BCUT2D eigenvalue weighted by molar-refractivity contribution is 6.06. The maximum atomic E-state index is 12.0. The lowest BCUT2D eigenvalue weighted by Crippen LogP contribution is -2.40. The first-order valence-corrected chi connectivity index (χ1v) is 6.32. The van der Waals surface area contributed by atoms with Gasteiger partial charge in [-0.25, -0.2) is 0 Å². The number of pyridine rings is 1. The van der Waals surface area contributed by atoms with Gasteiger partial charge >= 0.3 is 6.18 Å². The van der Waals surface area contributed by atoms with Crippen molar-refractivity contribution in [3.05, 3.63) is 42.1 Å². The standard InChI is InChI=1S/C14H12F3N3O2/c15-14(16,17)8-20-12(21)7-19-13(22)10-5-6-18-11-4-2-1-3-9(10)11/h1-6H,7-8H2,(H,19,22)(H,20,21). The van der Waals surface area contributed by atoms with Crippen molar-refractivity contribution in [1.82, 2.24) is 15.6 Å². The summed E-state index contributed by atoms with van der Waals surface area (Å²) in [4.78, 5) is 27.4. The van der Waals surface area contributed by atoms with Crippen LogP contribution in [0.4, 0.5) is 13.2 Å². The van der Waals surface area contributed by atoms with Gasteiger partial charge in [-0.3, -0.25) is 14.6 Å². The Kier molecular flexibility index (Phi) is 4.59. The van der Waals surface area contributed by atoms with Crippen molar-refractivity contribution in [3.63, 3.8) is 0 Å². The van der Waals surface area contributed by atoms with Crippen LogP contribution in [0.15, 0.2) is 36.5 Å². The van der Waals surface area contributed by atoms with Crippen LogP contribution in [0.25, 0.3) is 10.9 Å². The number of benzene rings is 1. The number of nitrogens with zero attached hydrogens (tertiary/aromatic N) is 1. The molecule has 0 unspecified atom stereocenters. The van der Waals surface area contributed by atoms with Crippen LogP contribution in [0.3, 0.4) is 0 Å². The zero-order chi connectivity index (χ0) is 16.2. The molecule has 1 aromatic carbocycles. The lowest BCUT2D eigenvalue weighted by atomic mass is 10.1. The molecule has 5 nitrogen and oxygen atoms in total. The van der Waals surface area contributed by atoms with E-state index in [4.69, 9.17) is 0 Å². The molecule has 116 valence electrons. The number of amides is 2. The van der Waals surface area contributed by atoms with Gasteiger partial charge in [-0.1, -0.05) is 18.2 Å². The van der Waals surface area contributed by atoms with Gasteiger partial charge in [-0.15, -0.1) is 0 Å². The third kappa shape index (κ3) is 4.18. The smallest absolute Gasteiger partial charge is 0.345 e. The number of carbonyl (C=O) groups is 2. The largest absolute Gasteiger partial charge is 0.405 e. The second-order valence-corrected chi connectivity index (χ2v) is 4.45. The summed E-state index contributed by atoms with van der Waals surface area (Å²) < 4.78 is 35.8. The molecule has 0 bridgehead atoms. The Morgan fingerprint density at radius 3 is 2.55 bits per heavy atom. The van der Waals surface area contributed by atoms with Crippen LogP contribution in [0, 0.1) is 0 Å². The van der Waals surface area contributed by atoms with E-state index >= 15 is 0 Å². The molecular weight excluding hydrogens is 299 g/mol. The molecule has 0 spiro atoms. The molecule has 0 saturated carbocycles. The van der Waals surface area contributed by atoms with Crippen molar-refractivity contribution < 1.29 is 22.8 Å². The van der Waals surface area contributed by atoms with Crippen molar-refractivity contribution >= 4 is 22.7 Å². The van der Waals surface area contributed by atoms with Gasteiger partial charge in [-0.2, -0.15) is 13.2 Å². The summed E-state index contributed by atoms with van der Waals surface area (Å²) in [7, 11) is 0. The zero-order valence-corrected chi connectivity index (χ0v) is 11.3. The first kappa shape index (κ1) is 15.7. The topological polar surface area (TPSA) is 71.1 Å². The van der Waals surface area contributed by atoms with E-state index in [-0.39, 0.29) is 0 Å². The fourth-order valence-electron chi connectivity index (χ4n) is 1.81. The minimum absolute atomic E-state index is 0.300. The van der Waals surface area contributed by atoms with Gasteiger partial charge in [0.25, 0.3) is 5.91 Å². The minimum Gasteiger partial charge on any atom is -0.345 e. The molecule has 2 rings (SSSR count). The third-order valence-electron chi connectivity index (χ3n) is 2.79. The normalized spacial score (nSPS) is 11.2. The number of para-hydroxylation sites is 1. The molecule has 0 radical (unpaired) electrons. The second-order valence-electron chi connectivity index (χ2n) is 4.45. The third-order valence-corrected chi connectivity index (χ3v) is 2.79. The van der Waals surface area contributed by atoms with Crippen molar-refractivity contribution in [1.29, 1.82) is 0 Å². The molecule has 2 aromatic rings.